The lowest BCUT2D eigenvalue weighted by atomic mass is 9.95. The highest BCUT2D eigenvalue weighted by molar-refractivity contribution is 5.91. The minimum absolute atomic E-state index is 0.0635. The number of nitrogens with zero attached hydrogens (tertiary/aromatic N) is 5. The van der Waals surface area contributed by atoms with Gasteiger partial charge in [-0.05, 0) is 36.6 Å². The maximum absolute atomic E-state index is 12.7. The van der Waals surface area contributed by atoms with Gasteiger partial charge in [0.2, 0.25) is 5.91 Å². The molecule has 30 heavy (non-hydrogen) atoms. The summed E-state index contributed by atoms with van der Waals surface area (Å²) in [7, 11) is 0. The number of nitrogens with one attached hydrogen (secondary N) is 1. The third-order valence-electron chi connectivity index (χ3n) is 5.27. The normalized spacial score (nSPS) is 14.5. The number of piperidine rings is 1. The first-order chi connectivity index (χ1) is 14.6. The molecule has 0 aliphatic carbocycles. The van der Waals surface area contributed by atoms with Gasteiger partial charge < -0.3 is 10.2 Å². The Balaban J connectivity index is 1.33. The lowest BCUT2D eigenvalue weighted by Gasteiger charge is -2.32. The summed E-state index contributed by atoms with van der Waals surface area (Å²) in [5.74, 6) is 0.316. The van der Waals surface area contributed by atoms with E-state index < -0.39 is 0 Å². The molecule has 0 atom stereocenters. The van der Waals surface area contributed by atoms with Crippen LogP contribution < -0.4 is 10.2 Å². The molecule has 1 fully saturated rings. The molecule has 9 nitrogen and oxygen atoms in total. The average molecular weight is 406 g/mol. The smallest absolute Gasteiger partial charge is 0.292 e. The summed E-state index contributed by atoms with van der Waals surface area (Å²) in [6.45, 7) is 1.80. The van der Waals surface area contributed by atoms with Gasteiger partial charge in [0.15, 0.2) is 5.82 Å². The first-order valence-corrected chi connectivity index (χ1v) is 9.82. The fourth-order valence-corrected chi connectivity index (χ4v) is 3.69. The molecular weight excluding hydrogens is 384 g/mol. The van der Waals surface area contributed by atoms with Crippen LogP contribution in [0.3, 0.4) is 0 Å². The second-order valence-electron chi connectivity index (χ2n) is 7.25. The van der Waals surface area contributed by atoms with E-state index in [9.17, 15) is 14.9 Å². The largest absolute Gasteiger partial charge is 0.366 e. The van der Waals surface area contributed by atoms with E-state index in [1.54, 1.807) is 41.3 Å². The van der Waals surface area contributed by atoms with Crippen LogP contribution in [0.4, 0.5) is 17.2 Å². The van der Waals surface area contributed by atoms with Crippen molar-refractivity contribution in [1.82, 2.24) is 14.8 Å². The Morgan fingerprint density at radius 1 is 1.13 bits per heavy atom. The molecule has 0 spiro atoms. The first-order valence-electron chi connectivity index (χ1n) is 9.82. The molecule has 0 unspecified atom stereocenters. The summed E-state index contributed by atoms with van der Waals surface area (Å²) in [5, 5.41) is 18.6. The molecule has 1 N–H and O–H groups in total. The molecule has 1 amide bonds. The van der Waals surface area contributed by atoms with Crippen LogP contribution in [0.2, 0.25) is 0 Å². The zero-order valence-corrected chi connectivity index (χ0v) is 16.3. The number of rotatable bonds is 6. The van der Waals surface area contributed by atoms with E-state index in [0.717, 1.165) is 5.56 Å². The minimum atomic E-state index is -0.365. The first kappa shape index (κ1) is 19.6. The Hall–Kier alpha value is -3.75. The number of nitro groups is 1. The highest BCUT2D eigenvalue weighted by atomic mass is 16.6. The van der Waals surface area contributed by atoms with Crippen molar-refractivity contribution < 1.29 is 9.72 Å². The summed E-state index contributed by atoms with van der Waals surface area (Å²) >= 11 is 0. The number of carbonyl (C=O) groups is 1. The molecule has 1 aliphatic heterocycles. The molecular formula is C21H22N6O3. The zero-order valence-electron chi connectivity index (χ0n) is 16.3. The van der Waals surface area contributed by atoms with E-state index in [1.807, 2.05) is 23.2 Å². The van der Waals surface area contributed by atoms with Gasteiger partial charge in [0.1, 0.15) is 5.69 Å². The number of amides is 1. The molecule has 0 radical (unpaired) electrons. The maximum atomic E-state index is 12.7. The lowest BCUT2D eigenvalue weighted by molar-refractivity contribution is -0.384. The number of anilines is 2. The second kappa shape index (κ2) is 8.73. The highest BCUT2D eigenvalue weighted by Crippen LogP contribution is 2.31. The van der Waals surface area contributed by atoms with Crippen molar-refractivity contribution >= 4 is 23.1 Å². The van der Waals surface area contributed by atoms with Crippen LogP contribution in [0.15, 0.2) is 61.1 Å². The van der Waals surface area contributed by atoms with E-state index in [1.165, 1.54) is 6.07 Å². The molecule has 154 valence electrons. The molecule has 3 aromatic rings. The summed E-state index contributed by atoms with van der Waals surface area (Å²) in [6.07, 6.45) is 6.56. The van der Waals surface area contributed by atoms with Crippen LogP contribution in [0, 0.1) is 16.0 Å². The quantitative estimate of drug-likeness (QED) is 0.498. The Bertz CT molecular complexity index is 1030. The predicted octanol–water partition coefficient (Wildman–Crippen LogP) is 3.09. The minimum Gasteiger partial charge on any atom is -0.366 e. The molecule has 1 saturated heterocycles. The molecule has 0 saturated carbocycles. The van der Waals surface area contributed by atoms with Crippen LogP contribution in [-0.2, 0) is 11.3 Å². The van der Waals surface area contributed by atoms with Gasteiger partial charge in [0.05, 0.1) is 11.5 Å². The SMILES string of the molecule is O=C(Nc1ccn(Cc2ccncc2)n1)C1CCN(c2ccccc2[N+](=O)[O-])CC1. The fraction of sp³-hybridized carbons (Fsp3) is 0.286. The van der Waals surface area contributed by atoms with E-state index in [2.05, 4.69) is 15.4 Å². The van der Waals surface area contributed by atoms with Gasteiger partial charge in [-0.1, -0.05) is 12.1 Å². The van der Waals surface area contributed by atoms with Gasteiger partial charge in [0.25, 0.3) is 5.69 Å². The van der Waals surface area contributed by atoms with Gasteiger partial charge >= 0.3 is 0 Å². The summed E-state index contributed by atoms with van der Waals surface area (Å²) in [5.41, 5.74) is 1.78. The van der Waals surface area contributed by atoms with Crippen molar-refractivity contribution in [2.24, 2.45) is 5.92 Å². The van der Waals surface area contributed by atoms with Crippen molar-refractivity contribution in [3.05, 3.63) is 76.7 Å². The van der Waals surface area contributed by atoms with Crippen LogP contribution >= 0.6 is 0 Å². The van der Waals surface area contributed by atoms with Crippen molar-refractivity contribution in [2.45, 2.75) is 19.4 Å². The topological polar surface area (TPSA) is 106 Å². The van der Waals surface area contributed by atoms with E-state index in [4.69, 9.17) is 0 Å². The monoisotopic (exact) mass is 406 g/mol. The molecule has 0 bridgehead atoms. The number of benzene rings is 1. The summed E-state index contributed by atoms with van der Waals surface area (Å²) < 4.78 is 1.77. The van der Waals surface area contributed by atoms with Crippen LogP contribution in [0.5, 0.6) is 0 Å². The van der Waals surface area contributed by atoms with Crippen molar-refractivity contribution in [3.8, 4) is 0 Å². The van der Waals surface area contributed by atoms with Crippen molar-refractivity contribution in [2.75, 3.05) is 23.3 Å². The van der Waals surface area contributed by atoms with Gasteiger partial charge in [-0.25, -0.2) is 0 Å². The molecule has 2 aromatic heterocycles. The van der Waals surface area contributed by atoms with Crippen LogP contribution in [0.25, 0.3) is 0 Å². The Morgan fingerprint density at radius 3 is 2.60 bits per heavy atom. The molecule has 3 heterocycles. The second-order valence-corrected chi connectivity index (χ2v) is 7.25. The van der Waals surface area contributed by atoms with Crippen molar-refractivity contribution in [3.63, 3.8) is 0 Å². The maximum Gasteiger partial charge on any atom is 0.292 e. The Morgan fingerprint density at radius 2 is 1.87 bits per heavy atom. The Labute approximate surface area is 173 Å². The molecule has 1 aliphatic rings. The highest BCUT2D eigenvalue weighted by Gasteiger charge is 2.28. The standard InChI is InChI=1S/C21H22N6O3/c28-21(23-20-9-14-26(24-20)15-16-5-10-22-11-6-16)17-7-12-25(13-8-17)18-3-1-2-4-19(18)27(29)30/h1-6,9-11,14,17H,7-8,12-13,15H2,(H,23,24,28). The fourth-order valence-electron chi connectivity index (χ4n) is 3.69. The van der Waals surface area contributed by atoms with Gasteiger partial charge in [0, 0.05) is 49.7 Å². The summed E-state index contributed by atoms with van der Waals surface area (Å²) in [4.78, 5) is 29.5. The summed E-state index contributed by atoms with van der Waals surface area (Å²) in [6, 6.07) is 12.3. The molecule has 4 rings (SSSR count). The number of aromatic nitrogens is 3. The number of carbonyl (C=O) groups excluding carboxylic acids is 1. The van der Waals surface area contributed by atoms with Crippen LogP contribution in [0.1, 0.15) is 18.4 Å². The number of pyridine rings is 1. The number of nitro benzene ring substituents is 1. The third kappa shape index (κ3) is 4.45. The number of hydrogen-bond donors (Lipinski definition) is 1. The Kier molecular flexibility index (Phi) is 5.69. The van der Waals surface area contributed by atoms with Crippen molar-refractivity contribution in [1.29, 1.82) is 0 Å². The number of hydrogen-bond acceptors (Lipinski definition) is 6. The van der Waals surface area contributed by atoms with Gasteiger partial charge in [-0.15, -0.1) is 0 Å². The predicted molar refractivity (Wildman–Crippen MR) is 112 cm³/mol. The van der Waals surface area contributed by atoms with Gasteiger partial charge in [-0.3, -0.25) is 24.6 Å². The van der Waals surface area contributed by atoms with E-state index in [-0.39, 0.29) is 22.4 Å². The molecule has 1 aromatic carbocycles. The lowest BCUT2D eigenvalue weighted by Crippen LogP contribution is -2.38. The molecule has 9 heteroatoms. The number of para-hydroxylation sites is 2. The van der Waals surface area contributed by atoms with Crippen LogP contribution in [-0.4, -0.2) is 38.7 Å². The average Bonchev–Trinajstić information content (AvgIpc) is 3.21. The zero-order chi connectivity index (χ0) is 20.9. The van der Waals surface area contributed by atoms with E-state index >= 15 is 0 Å². The van der Waals surface area contributed by atoms with Gasteiger partial charge in [-0.2, -0.15) is 5.10 Å². The van der Waals surface area contributed by atoms with E-state index in [0.29, 0.717) is 44.0 Å². The third-order valence-corrected chi connectivity index (χ3v) is 5.27.